The second-order valence-corrected chi connectivity index (χ2v) is 9.53. The van der Waals surface area contributed by atoms with E-state index in [1.807, 2.05) is 32.0 Å². The molecule has 1 aliphatic heterocycles. The zero-order valence-electron chi connectivity index (χ0n) is 15.5. The number of sulfone groups is 1. The fraction of sp³-hybridized carbons (Fsp3) is 0.556. The van der Waals surface area contributed by atoms with Crippen molar-refractivity contribution < 1.29 is 18.0 Å². The van der Waals surface area contributed by atoms with E-state index in [-0.39, 0.29) is 29.9 Å². The third kappa shape index (κ3) is 6.39. The van der Waals surface area contributed by atoms with Gasteiger partial charge in [-0.1, -0.05) is 50.1 Å². The molecule has 9 heteroatoms. The van der Waals surface area contributed by atoms with E-state index in [1.54, 1.807) is 6.07 Å². The molecule has 3 amide bonds. The van der Waals surface area contributed by atoms with Crippen molar-refractivity contribution in [2.45, 2.75) is 45.3 Å². The highest BCUT2D eigenvalue weighted by Crippen LogP contribution is 2.15. The van der Waals surface area contributed by atoms with Gasteiger partial charge in [-0.15, -0.1) is 0 Å². The first kappa shape index (κ1) is 21.5. The van der Waals surface area contributed by atoms with Gasteiger partial charge in [0, 0.05) is 17.6 Å². The Hall–Kier alpha value is -1.80. The van der Waals surface area contributed by atoms with Gasteiger partial charge in [-0.25, -0.2) is 13.2 Å². The molecule has 0 aliphatic carbocycles. The average molecular weight is 416 g/mol. The lowest BCUT2D eigenvalue weighted by Gasteiger charge is -2.24. The minimum absolute atomic E-state index is 0.0624. The number of urea groups is 1. The van der Waals surface area contributed by atoms with E-state index in [9.17, 15) is 18.0 Å². The van der Waals surface area contributed by atoms with Crippen LogP contribution in [-0.2, 0) is 21.2 Å². The first-order valence-electron chi connectivity index (χ1n) is 9.00. The molecule has 0 radical (unpaired) electrons. The van der Waals surface area contributed by atoms with Gasteiger partial charge in [-0.3, -0.25) is 4.79 Å². The summed E-state index contributed by atoms with van der Waals surface area (Å²) in [6.07, 6.45) is 1.09. The molecule has 0 bridgehead atoms. The number of halogens is 1. The topological polar surface area (TPSA) is 104 Å². The van der Waals surface area contributed by atoms with Crippen LogP contribution >= 0.6 is 11.6 Å². The van der Waals surface area contributed by atoms with Crippen molar-refractivity contribution in [2.24, 2.45) is 5.92 Å². The summed E-state index contributed by atoms with van der Waals surface area (Å²) in [5.41, 5.74) is 0.788. The number of hydrogen-bond acceptors (Lipinski definition) is 4. The van der Waals surface area contributed by atoms with Gasteiger partial charge in [0.2, 0.25) is 5.91 Å². The standard InChI is InChI=1S/C18H26ClN3O4S/c1-3-12(2)16(17(23)20-10-13-6-4-5-7-15(13)19)22-18(24)21-14-8-9-27(25,26)11-14/h4-7,12,14,16H,3,8-11H2,1-2H3,(H,20,23)(H2,21,22,24). The average Bonchev–Trinajstić information content (AvgIpc) is 2.96. The van der Waals surface area contributed by atoms with Gasteiger partial charge in [-0.05, 0) is 24.0 Å². The predicted molar refractivity (Wildman–Crippen MR) is 105 cm³/mol. The first-order valence-corrected chi connectivity index (χ1v) is 11.2. The normalized spacial score (nSPS) is 20.5. The van der Waals surface area contributed by atoms with E-state index in [0.29, 0.717) is 17.9 Å². The highest BCUT2D eigenvalue weighted by atomic mass is 35.5. The van der Waals surface area contributed by atoms with Crippen LogP contribution in [0.5, 0.6) is 0 Å². The molecule has 1 aromatic rings. The van der Waals surface area contributed by atoms with E-state index >= 15 is 0 Å². The summed E-state index contributed by atoms with van der Waals surface area (Å²) >= 11 is 6.10. The van der Waals surface area contributed by atoms with Crippen molar-refractivity contribution in [1.82, 2.24) is 16.0 Å². The van der Waals surface area contributed by atoms with Gasteiger partial charge in [0.15, 0.2) is 9.84 Å². The van der Waals surface area contributed by atoms with E-state index in [2.05, 4.69) is 16.0 Å². The molecule has 0 aromatic heterocycles. The van der Waals surface area contributed by atoms with Crippen LogP contribution in [-0.4, -0.2) is 43.9 Å². The number of carbonyl (C=O) groups is 2. The van der Waals surface area contributed by atoms with Crippen LogP contribution in [0.25, 0.3) is 0 Å². The van der Waals surface area contributed by atoms with Crippen molar-refractivity contribution in [3.8, 4) is 0 Å². The largest absolute Gasteiger partial charge is 0.350 e. The second-order valence-electron chi connectivity index (χ2n) is 6.89. The lowest BCUT2D eigenvalue weighted by atomic mass is 9.98. The highest BCUT2D eigenvalue weighted by molar-refractivity contribution is 7.91. The monoisotopic (exact) mass is 415 g/mol. The summed E-state index contributed by atoms with van der Waals surface area (Å²) in [5.74, 6) is -0.384. The Labute approximate surface area is 165 Å². The minimum Gasteiger partial charge on any atom is -0.350 e. The van der Waals surface area contributed by atoms with Crippen molar-refractivity contribution in [1.29, 1.82) is 0 Å². The van der Waals surface area contributed by atoms with E-state index in [4.69, 9.17) is 11.6 Å². The molecule has 1 fully saturated rings. The number of amides is 3. The maximum Gasteiger partial charge on any atom is 0.315 e. The van der Waals surface area contributed by atoms with Crippen molar-refractivity contribution in [3.63, 3.8) is 0 Å². The van der Waals surface area contributed by atoms with Gasteiger partial charge in [0.1, 0.15) is 6.04 Å². The maximum atomic E-state index is 12.6. The third-order valence-electron chi connectivity index (χ3n) is 4.76. The fourth-order valence-electron chi connectivity index (χ4n) is 2.91. The Morgan fingerprint density at radius 1 is 1.30 bits per heavy atom. The third-order valence-corrected chi connectivity index (χ3v) is 6.90. The fourth-order valence-corrected chi connectivity index (χ4v) is 4.79. The summed E-state index contributed by atoms with van der Waals surface area (Å²) < 4.78 is 23.0. The van der Waals surface area contributed by atoms with Gasteiger partial charge in [-0.2, -0.15) is 0 Å². The second kappa shape index (κ2) is 9.41. The van der Waals surface area contributed by atoms with Crippen LogP contribution in [0.3, 0.4) is 0 Å². The Kier molecular flexibility index (Phi) is 7.49. The summed E-state index contributed by atoms with van der Waals surface area (Å²) in [6.45, 7) is 4.07. The van der Waals surface area contributed by atoms with E-state index in [0.717, 1.165) is 5.56 Å². The van der Waals surface area contributed by atoms with Crippen molar-refractivity contribution in [3.05, 3.63) is 34.9 Å². The van der Waals surface area contributed by atoms with Crippen LogP contribution in [0.1, 0.15) is 32.3 Å². The van der Waals surface area contributed by atoms with Gasteiger partial charge in [0.25, 0.3) is 0 Å². The lowest BCUT2D eigenvalue weighted by Crippen LogP contribution is -2.54. The van der Waals surface area contributed by atoms with E-state index < -0.39 is 28.0 Å². The molecule has 0 saturated carbocycles. The molecule has 3 atom stereocenters. The molecule has 2 rings (SSSR count). The molecule has 3 unspecified atom stereocenters. The van der Waals surface area contributed by atoms with E-state index in [1.165, 1.54) is 0 Å². The number of benzene rings is 1. The summed E-state index contributed by atoms with van der Waals surface area (Å²) in [6, 6.07) is 5.54. The molecular formula is C18H26ClN3O4S. The van der Waals surface area contributed by atoms with Crippen LogP contribution in [0.4, 0.5) is 4.79 Å². The van der Waals surface area contributed by atoms with Crippen LogP contribution in [0, 0.1) is 5.92 Å². The first-order chi connectivity index (χ1) is 12.7. The molecule has 150 valence electrons. The Morgan fingerprint density at radius 2 is 2.00 bits per heavy atom. The molecule has 1 heterocycles. The quantitative estimate of drug-likeness (QED) is 0.632. The summed E-state index contributed by atoms with van der Waals surface area (Å²) in [5, 5.41) is 8.70. The zero-order valence-corrected chi connectivity index (χ0v) is 17.1. The molecule has 1 aliphatic rings. The smallest absolute Gasteiger partial charge is 0.315 e. The van der Waals surface area contributed by atoms with Crippen molar-refractivity contribution in [2.75, 3.05) is 11.5 Å². The summed E-state index contributed by atoms with van der Waals surface area (Å²) in [4.78, 5) is 24.9. The molecule has 27 heavy (non-hydrogen) atoms. The lowest BCUT2D eigenvalue weighted by molar-refractivity contribution is -0.124. The molecule has 1 aromatic carbocycles. The molecule has 3 N–H and O–H groups in total. The van der Waals surface area contributed by atoms with Gasteiger partial charge in [0.05, 0.1) is 11.5 Å². The summed E-state index contributed by atoms with van der Waals surface area (Å²) in [7, 11) is -3.08. The number of rotatable bonds is 7. The Morgan fingerprint density at radius 3 is 2.59 bits per heavy atom. The minimum atomic E-state index is -3.08. The predicted octanol–water partition coefficient (Wildman–Crippen LogP) is 1.86. The highest BCUT2D eigenvalue weighted by Gasteiger charge is 2.31. The number of carbonyl (C=O) groups excluding carboxylic acids is 2. The van der Waals surface area contributed by atoms with Crippen LogP contribution in [0.15, 0.2) is 24.3 Å². The van der Waals surface area contributed by atoms with Crippen LogP contribution < -0.4 is 16.0 Å². The Balaban J connectivity index is 1.94. The van der Waals surface area contributed by atoms with Crippen molar-refractivity contribution >= 4 is 33.4 Å². The maximum absolute atomic E-state index is 12.6. The molecule has 0 spiro atoms. The number of hydrogen-bond donors (Lipinski definition) is 3. The van der Waals surface area contributed by atoms with Gasteiger partial charge < -0.3 is 16.0 Å². The molecule has 7 nitrogen and oxygen atoms in total. The number of nitrogens with one attached hydrogen (secondary N) is 3. The zero-order chi connectivity index (χ0) is 20.0. The van der Waals surface area contributed by atoms with Gasteiger partial charge >= 0.3 is 6.03 Å². The van der Waals surface area contributed by atoms with Crippen LogP contribution in [0.2, 0.25) is 5.02 Å². The molecular weight excluding hydrogens is 390 g/mol. The molecule has 1 saturated heterocycles. The Bertz CT molecular complexity index is 785. The SMILES string of the molecule is CCC(C)C(NC(=O)NC1CCS(=O)(=O)C1)C(=O)NCc1ccccc1Cl.